The quantitative estimate of drug-likeness (QED) is 0.486. The molecule has 30 heavy (non-hydrogen) atoms. The number of hydrogen-bond acceptors (Lipinski definition) is 4. The summed E-state index contributed by atoms with van der Waals surface area (Å²) in [6.07, 6.45) is 4.39. The first-order valence-corrected chi connectivity index (χ1v) is 11.2. The van der Waals surface area contributed by atoms with E-state index in [9.17, 15) is 14.7 Å². The third-order valence-corrected chi connectivity index (χ3v) is 5.82. The van der Waals surface area contributed by atoms with Gasteiger partial charge in [0.2, 0.25) is 0 Å². The van der Waals surface area contributed by atoms with Crippen molar-refractivity contribution >= 4 is 33.3 Å². The minimum atomic E-state index is -1.83. The summed E-state index contributed by atoms with van der Waals surface area (Å²) in [7, 11) is 0. The summed E-state index contributed by atoms with van der Waals surface area (Å²) in [6.45, 7) is 4.57. The number of ether oxygens (including phenoxy) is 1. The molecule has 0 fully saturated rings. The molecule has 160 valence electrons. The zero-order valence-electron chi connectivity index (χ0n) is 17.5. The second-order valence-electron chi connectivity index (χ2n) is 7.84. The summed E-state index contributed by atoms with van der Waals surface area (Å²) in [4.78, 5) is 26.4. The van der Waals surface area contributed by atoms with Crippen molar-refractivity contribution in [2.45, 2.75) is 58.1 Å². The van der Waals surface area contributed by atoms with Gasteiger partial charge in [0.15, 0.2) is 5.60 Å². The van der Waals surface area contributed by atoms with Crippen LogP contribution in [0.1, 0.15) is 57.1 Å². The van der Waals surface area contributed by atoms with Crippen LogP contribution in [0.4, 0.5) is 5.69 Å². The maximum atomic E-state index is 13.1. The van der Waals surface area contributed by atoms with Gasteiger partial charge < -0.3 is 14.7 Å². The van der Waals surface area contributed by atoms with E-state index in [0.29, 0.717) is 24.4 Å². The van der Waals surface area contributed by atoms with Gasteiger partial charge in [-0.2, -0.15) is 0 Å². The third-order valence-electron chi connectivity index (χ3n) is 5.33. The number of fused-ring (bicyclic) bond motifs is 1. The Bertz CT molecular complexity index is 912. The van der Waals surface area contributed by atoms with Crippen LogP contribution in [0.5, 0.6) is 5.75 Å². The Morgan fingerprint density at radius 2 is 1.87 bits per heavy atom. The summed E-state index contributed by atoms with van der Waals surface area (Å²) in [5.41, 5.74) is 0.182. The first-order chi connectivity index (χ1) is 14.3. The lowest BCUT2D eigenvalue weighted by atomic mass is 9.90. The van der Waals surface area contributed by atoms with Crippen LogP contribution in [0.25, 0.3) is 0 Å². The monoisotopic (exact) mass is 473 g/mol. The van der Waals surface area contributed by atoms with Crippen LogP contribution in [0.15, 0.2) is 46.9 Å². The predicted octanol–water partition coefficient (Wildman–Crippen LogP) is 5.12. The Morgan fingerprint density at radius 3 is 2.53 bits per heavy atom. The Balaban J connectivity index is 1.73. The lowest BCUT2D eigenvalue weighted by Crippen LogP contribution is -2.41. The molecule has 1 heterocycles. The van der Waals surface area contributed by atoms with Crippen LogP contribution in [-0.2, 0) is 21.7 Å². The highest BCUT2D eigenvalue weighted by Crippen LogP contribution is 2.44. The zero-order chi connectivity index (χ0) is 21.7. The van der Waals surface area contributed by atoms with Crippen molar-refractivity contribution in [2.75, 3.05) is 11.5 Å². The molecule has 0 aromatic heterocycles. The van der Waals surface area contributed by atoms with Crippen LogP contribution in [0.2, 0.25) is 0 Å². The molecule has 0 saturated carbocycles. The summed E-state index contributed by atoms with van der Waals surface area (Å²) < 4.78 is 6.53. The number of carbonyl (C=O) groups is 2. The maximum Gasteiger partial charge on any atom is 0.264 e. The molecule has 3 rings (SSSR count). The molecule has 5 nitrogen and oxygen atoms in total. The number of Topliss-reactive ketones (excluding diaryl/α,β-unsaturated/α-hetero) is 1. The average molecular weight is 474 g/mol. The van der Waals surface area contributed by atoms with Gasteiger partial charge in [0.05, 0.1) is 18.8 Å². The number of aliphatic hydroxyl groups is 1. The highest BCUT2D eigenvalue weighted by molar-refractivity contribution is 9.10. The van der Waals surface area contributed by atoms with Crippen molar-refractivity contribution in [1.82, 2.24) is 0 Å². The van der Waals surface area contributed by atoms with E-state index in [1.807, 2.05) is 30.3 Å². The number of nitrogens with zero attached hydrogens (tertiary/aromatic N) is 1. The second-order valence-corrected chi connectivity index (χ2v) is 8.76. The summed E-state index contributed by atoms with van der Waals surface area (Å²) >= 11 is 3.39. The molecule has 1 unspecified atom stereocenters. The Morgan fingerprint density at radius 1 is 1.13 bits per heavy atom. The lowest BCUT2D eigenvalue weighted by Gasteiger charge is -2.22. The highest BCUT2D eigenvalue weighted by Gasteiger charge is 2.50. The SMILES string of the molecule is CCCCCCOc1ccc(CN2C(=O)C(O)(CC(C)=O)c3cc(Br)ccc32)cc1. The Kier molecular flexibility index (Phi) is 7.32. The summed E-state index contributed by atoms with van der Waals surface area (Å²) in [5, 5.41) is 11.1. The predicted molar refractivity (Wildman–Crippen MR) is 121 cm³/mol. The lowest BCUT2D eigenvalue weighted by molar-refractivity contribution is -0.141. The van der Waals surface area contributed by atoms with E-state index in [4.69, 9.17) is 4.74 Å². The molecule has 1 amide bonds. The van der Waals surface area contributed by atoms with E-state index >= 15 is 0 Å². The smallest absolute Gasteiger partial charge is 0.264 e. The van der Waals surface area contributed by atoms with E-state index in [0.717, 1.165) is 22.2 Å². The Labute approximate surface area is 186 Å². The number of halogens is 1. The molecule has 2 aromatic carbocycles. The van der Waals surface area contributed by atoms with E-state index in [2.05, 4.69) is 22.9 Å². The van der Waals surface area contributed by atoms with Crippen LogP contribution >= 0.6 is 15.9 Å². The molecule has 0 bridgehead atoms. The number of ketones is 1. The molecule has 0 radical (unpaired) electrons. The summed E-state index contributed by atoms with van der Waals surface area (Å²) in [6, 6.07) is 13.0. The number of unbranched alkanes of at least 4 members (excludes halogenated alkanes) is 3. The number of carbonyl (C=O) groups excluding carboxylic acids is 2. The number of anilines is 1. The Hall–Kier alpha value is -2.18. The van der Waals surface area contributed by atoms with Crippen molar-refractivity contribution < 1.29 is 19.4 Å². The molecule has 0 saturated heterocycles. The van der Waals surface area contributed by atoms with E-state index < -0.39 is 11.5 Å². The fourth-order valence-electron chi connectivity index (χ4n) is 3.80. The first kappa shape index (κ1) is 22.5. The van der Waals surface area contributed by atoms with Gasteiger partial charge in [-0.15, -0.1) is 0 Å². The van der Waals surface area contributed by atoms with Crippen molar-refractivity contribution in [3.05, 3.63) is 58.1 Å². The normalized spacial score (nSPS) is 17.9. The number of rotatable bonds is 10. The van der Waals surface area contributed by atoms with Gasteiger partial charge in [-0.25, -0.2) is 0 Å². The van der Waals surface area contributed by atoms with E-state index in [-0.39, 0.29) is 12.2 Å². The highest BCUT2D eigenvalue weighted by atomic mass is 79.9. The van der Waals surface area contributed by atoms with Gasteiger partial charge >= 0.3 is 0 Å². The molecule has 1 aliphatic heterocycles. The van der Waals surface area contributed by atoms with Gasteiger partial charge in [-0.3, -0.25) is 9.59 Å². The standard InChI is InChI=1S/C24H28BrNO4/c1-3-4-5-6-13-30-20-10-7-18(8-11-20)16-26-22-12-9-19(25)14-21(22)24(29,23(26)28)15-17(2)27/h7-12,14,29H,3-6,13,15-16H2,1-2H3. The van der Waals surface area contributed by atoms with Crippen molar-refractivity contribution in [3.63, 3.8) is 0 Å². The molecular formula is C24H28BrNO4. The first-order valence-electron chi connectivity index (χ1n) is 10.4. The number of benzene rings is 2. The van der Waals surface area contributed by atoms with Crippen molar-refractivity contribution in [1.29, 1.82) is 0 Å². The minimum Gasteiger partial charge on any atom is -0.494 e. The molecule has 2 aromatic rings. The fourth-order valence-corrected chi connectivity index (χ4v) is 4.16. The van der Waals surface area contributed by atoms with Gasteiger partial charge in [0.25, 0.3) is 5.91 Å². The third kappa shape index (κ3) is 4.93. The van der Waals surface area contributed by atoms with Gasteiger partial charge in [-0.1, -0.05) is 54.2 Å². The topological polar surface area (TPSA) is 66.8 Å². The maximum absolute atomic E-state index is 13.1. The fraction of sp³-hybridized carbons (Fsp3) is 0.417. The van der Waals surface area contributed by atoms with Gasteiger partial charge in [-0.05, 0) is 49.2 Å². The van der Waals surface area contributed by atoms with Crippen LogP contribution in [0.3, 0.4) is 0 Å². The largest absolute Gasteiger partial charge is 0.494 e. The van der Waals surface area contributed by atoms with Crippen LogP contribution in [-0.4, -0.2) is 23.4 Å². The second kappa shape index (κ2) is 9.75. The number of amides is 1. The molecule has 1 N–H and O–H groups in total. The molecule has 1 atom stereocenters. The minimum absolute atomic E-state index is 0.237. The molecular weight excluding hydrogens is 446 g/mol. The molecule has 0 spiro atoms. The van der Waals surface area contributed by atoms with Crippen LogP contribution < -0.4 is 9.64 Å². The average Bonchev–Trinajstić information content (AvgIpc) is 2.90. The van der Waals surface area contributed by atoms with Crippen LogP contribution in [0, 0.1) is 0 Å². The van der Waals surface area contributed by atoms with Crippen molar-refractivity contribution in [2.24, 2.45) is 0 Å². The molecule has 1 aliphatic rings. The molecule has 0 aliphatic carbocycles. The number of hydrogen-bond donors (Lipinski definition) is 1. The van der Waals surface area contributed by atoms with Gasteiger partial charge in [0, 0.05) is 16.5 Å². The van der Waals surface area contributed by atoms with E-state index in [1.54, 1.807) is 17.0 Å². The van der Waals surface area contributed by atoms with Gasteiger partial charge in [0.1, 0.15) is 11.5 Å². The molecule has 6 heteroatoms. The van der Waals surface area contributed by atoms with Crippen molar-refractivity contribution in [3.8, 4) is 5.75 Å². The summed E-state index contributed by atoms with van der Waals surface area (Å²) in [5.74, 6) is 0.0986. The zero-order valence-corrected chi connectivity index (χ0v) is 19.1. The van der Waals surface area contributed by atoms with E-state index in [1.165, 1.54) is 26.2 Å².